The SMILES string of the molecule is Cc1ccc(-c2n[nH]c3c2C(c2ccccc2[N+](=O)[O-])N(c2ccc(C(=O)O)cc2)C3=O)cc1. The number of aromatic carboxylic acids is 1. The Morgan fingerprint density at radius 3 is 2.38 bits per heavy atom. The van der Waals surface area contributed by atoms with Crippen LogP contribution >= 0.6 is 0 Å². The fourth-order valence-electron chi connectivity index (χ4n) is 4.29. The van der Waals surface area contributed by atoms with Crippen LogP contribution in [0.1, 0.15) is 43.6 Å². The van der Waals surface area contributed by atoms with Gasteiger partial charge in [-0.05, 0) is 37.3 Å². The number of aryl methyl sites for hydroxylation is 1. The van der Waals surface area contributed by atoms with Crippen LogP contribution in [0.5, 0.6) is 0 Å². The molecular weight excluding hydrogens is 436 g/mol. The maximum absolute atomic E-state index is 13.5. The van der Waals surface area contributed by atoms with Crippen molar-refractivity contribution >= 4 is 23.3 Å². The minimum atomic E-state index is -1.09. The monoisotopic (exact) mass is 454 g/mol. The van der Waals surface area contributed by atoms with Gasteiger partial charge >= 0.3 is 5.97 Å². The molecule has 1 amide bonds. The van der Waals surface area contributed by atoms with Crippen molar-refractivity contribution in [2.75, 3.05) is 4.90 Å². The van der Waals surface area contributed by atoms with Crippen molar-refractivity contribution in [2.45, 2.75) is 13.0 Å². The first-order chi connectivity index (χ1) is 16.4. The average Bonchev–Trinajstić information content (AvgIpc) is 3.38. The number of nitrogens with zero attached hydrogens (tertiary/aromatic N) is 3. The molecule has 9 heteroatoms. The number of para-hydroxylation sites is 1. The zero-order chi connectivity index (χ0) is 24.0. The Morgan fingerprint density at radius 1 is 1.06 bits per heavy atom. The van der Waals surface area contributed by atoms with Crippen molar-refractivity contribution in [1.29, 1.82) is 0 Å². The van der Waals surface area contributed by atoms with Crippen molar-refractivity contribution < 1.29 is 19.6 Å². The largest absolute Gasteiger partial charge is 0.478 e. The molecule has 1 unspecified atom stereocenters. The van der Waals surface area contributed by atoms with E-state index in [4.69, 9.17) is 0 Å². The molecule has 0 fully saturated rings. The lowest BCUT2D eigenvalue weighted by Crippen LogP contribution is -2.29. The van der Waals surface area contributed by atoms with Crippen molar-refractivity contribution in [1.82, 2.24) is 10.2 Å². The molecule has 0 spiro atoms. The fraction of sp³-hybridized carbons (Fsp3) is 0.0800. The lowest BCUT2D eigenvalue weighted by atomic mass is 9.94. The van der Waals surface area contributed by atoms with Gasteiger partial charge in [-0.25, -0.2) is 4.79 Å². The summed E-state index contributed by atoms with van der Waals surface area (Å²) in [5, 5.41) is 28.3. The highest BCUT2D eigenvalue weighted by molar-refractivity contribution is 6.12. The zero-order valence-electron chi connectivity index (χ0n) is 17.9. The molecule has 0 saturated heterocycles. The van der Waals surface area contributed by atoms with Crippen LogP contribution in [0.25, 0.3) is 11.3 Å². The summed E-state index contributed by atoms with van der Waals surface area (Å²) in [4.78, 5) is 37.7. The molecule has 3 aromatic carbocycles. The molecule has 4 aromatic rings. The number of amides is 1. The standard InChI is InChI=1S/C25H18N4O5/c1-14-6-8-15(9-7-14)21-20-22(27-26-21)24(30)28(17-12-10-16(11-13-17)25(31)32)23(20)18-4-2-3-5-19(18)29(33)34/h2-13,23H,1H3,(H,26,27)(H,31,32). The highest BCUT2D eigenvalue weighted by Gasteiger charge is 2.45. The molecule has 34 heavy (non-hydrogen) atoms. The van der Waals surface area contributed by atoms with Gasteiger partial charge in [0.1, 0.15) is 5.69 Å². The molecule has 5 rings (SSSR count). The predicted molar refractivity (Wildman–Crippen MR) is 124 cm³/mol. The van der Waals surface area contributed by atoms with Crippen LogP contribution in [0.4, 0.5) is 11.4 Å². The number of hydrogen-bond acceptors (Lipinski definition) is 5. The first kappa shape index (κ1) is 21.1. The van der Waals surface area contributed by atoms with Crippen LogP contribution < -0.4 is 4.90 Å². The van der Waals surface area contributed by atoms with Crippen molar-refractivity contribution in [3.05, 3.63) is 111 Å². The van der Waals surface area contributed by atoms with E-state index in [1.54, 1.807) is 18.2 Å². The fourth-order valence-corrected chi connectivity index (χ4v) is 4.29. The number of H-pyrrole nitrogens is 1. The number of carbonyl (C=O) groups excluding carboxylic acids is 1. The molecule has 9 nitrogen and oxygen atoms in total. The van der Waals surface area contributed by atoms with E-state index in [-0.39, 0.29) is 16.9 Å². The van der Waals surface area contributed by atoms with Gasteiger partial charge in [0.2, 0.25) is 0 Å². The van der Waals surface area contributed by atoms with Gasteiger partial charge < -0.3 is 5.11 Å². The van der Waals surface area contributed by atoms with Crippen LogP contribution in [-0.2, 0) is 0 Å². The number of carboxylic acid groups (broad SMARTS) is 1. The van der Waals surface area contributed by atoms with E-state index < -0.39 is 22.8 Å². The van der Waals surface area contributed by atoms with Gasteiger partial charge in [0.15, 0.2) is 0 Å². The number of hydrogen-bond donors (Lipinski definition) is 2. The first-order valence-corrected chi connectivity index (χ1v) is 10.4. The first-order valence-electron chi connectivity index (χ1n) is 10.4. The summed E-state index contributed by atoms with van der Waals surface area (Å²) < 4.78 is 0. The number of aromatic nitrogens is 2. The molecule has 168 valence electrons. The predicted octanol–water partition coefficient (Wildman–Crippen LogP) is 4.74. The summed E-state index contributed by atoms with van der Waals surface area (Å²) in [7, 11) is 0. The van der Waals surface area contributed by atoms with E-state index in [0.717, 1.165) is 11.1 Å². The van der Waals surface area contributed by atoms with Crippen LogP contribution in [0.3, 0.4) is 0 Å². The van der Waals surface area contributed by atoms with Crippen LogP contribution in [0.15, 0.2) is 72.8 Å². The van der Waals surface area contributed by atoms with E-state index in [2.05, 4.69) is 10.2 Å². The quantitative estimate of drug-likeness (QED) is 0.331. The van der Waals surface area contributed by atoms with E-state index >= 15 is 0 Å². The summed E-state index contributed by atoms with van der Waals surface area (Å²) in [6.45, 7) is 1.96. The molecule has 1 aliphatic heterocycles. The highest BCUT2D eigenvalue weighted by Crippen LogP contribution is 2.47. The van der Waals surface area contributed by atoms with Gasteiger partial charge in [0, 0.05) is 22.9 Å². The molecule has 1 aliphatic rings. The molecule has 1 aromatic heterocycles. The number of carbonyl (C=O) groups is 2. The number of benzene rings is 3. The average molecular weight is 454 g/mol. The van der Waals surface area contributed by atoms with Crippen molar-refractivity contribution in [3.8, 4) is 11.3 Å². The number of anilines is 1. The summed E-state index contributed by atoms with van der Waals surface area (Å²) in [5.74, 6) is -1.50. The summed E-state index contributed by atoms with van der Waals surface area (Å²) in [6, 6.07) is 18.9. The third-order valence-corrected chi connectivity index (χ3v) is 5.91. The molecule has 0 radical (unpaired) electrons. The number of rotatable bonds is 5. The Morgan fingerprint density at radius 2 is 1.74 bits per heavy atom. The van der Waals surface area contributed by atoms with Crippen LogP contribution in [0.2, 0.25) is 0 Å². The van der Waals surface area contributed by atoms with Gasteiger partial charge in [0.05, 0.1) is 27.8 Å². The Balaban J connectivity index is 1.74. The minimum Gasteiger partial charge on any atom is -0.478 e. The molecule has 0 bridgehead atoms. The molecule has 0 aliphatic carbocycles. The van der Waals surface area contributed by atoms with E-state index in [9.17, 15) is 24.8 Å². The van der Waals surface area contributed by atoms with E-state index in [0.29, 0.717) is 22.5 Å². The maximum Gasteiger partial charge on any atom is 0.335 e. The Kier molecular flexibility index (Phi) is 4.94. The van der Waals surface area contributed by atoms with Gasteiger partial charge in [-0.1, -0.05) is 42.0 Å². The third kappa shape index (κ3) is 3.30. The minimum absolute atomic E-state index is 0.0677. The van der Waals surface area contributed by atoms with Gasteiger partial charge in [0.25, 0.3) is 11.6 Å². The van der Waals surface area contributed by atoms with Gasteiger partial charge in [-0.2, -0.15) is 5.10 Å². The zero-order valence-corrected chi connectivity index (χ0v) is 17.9. The van der Waals surface area contributed by atoms with E-state index in [1.807, 2.05) is 31.2 Å². The Hall–Kier alpha value is -4.79. The van der Waals surface area contributed by atoms with Gasteiger partial charge in [-0.15, -0.1) is 0 Å². The number of nitro groups is 1. The van der Waals surface area contributed by atoms with Crippen molar-refractivity contribution in [3.63, 3.8) is 0 Å². The second-order valence-electron chi connectivity index (χ2n) is 7.97. The van der Waals surface area contributed by atoms with Crippen LogP contribution in [0, 0.1) is 17.0 Å². The Bertz CT molecular complexity index is 1440. The smallest absolute Gasteiger partial charge is 0.335 e. The molecule has 1 atom stereocenters. The highest BCUT2D eigenvalue weighted by atomic mass is 16.6. The lowest BCUT2D eigenvalue weighted by Gasteiger charge is -2.26. The summed E-state index contributed by atoms with van der Waals surface area (Å²) in [6.07, 6.45) is 0. The molecule has 0 saturated carbocycles. The molecule has 2 N–H and O–H groups in total. The molecule has 2 heterocycles. The number of nitrogens with one attached hydrogen (secondary N) is 1. The van der Waals surface area contributed by atoms with Crippen molar-refractivity contribution in [2.24, 2.45) is 0 Å². The number of nitro benzene ring substituents is 1. The normalized spacial score (nSPS) is 14.8. The summed E-state index contributed by atoms with van der Waals surface area (Å²) in [5.41, 5.74) is 3.80. The van der Waals surface area contributed by atoms with Crippen LogP contribution in [-0.4, -0.2) is 32.1 Å². The lowest BCUT2D eigenvalue weighted by molar-refractivity contribution is -0.385. The topological polar surface area (TPSA) is 129 Å². The summed E-state index contributed by atoms with van der Waals surface area (Å²) >= 11 is 0. The third-order valence-electron chi connectivity index (χ3n) is 5.91. The Labute approximate surface area is 193 Å². The number of fused-ring (bicyclic) bond motifs is 1. The second-order valence-corrected chi connectivity index (χ2v) is 7.97. The second kappa shape index (κ2) is 7.96. The van der Waals surface area contributed by atoms with E-state index in [1.165, 1.54) is 35.2 Å². The number of aromatic amines is 1. The number of carboxylic acids is 1. The molecular formula is C25H18N4O5. The van der Waals surface area contributed by atoms with Gasteiger partial charge in [-0.3, -0.25) is 24.9 Å². The maximum atomic E-state index is 13.5.